The Balaban J connectivity index is 1.81. The highest BCUT2D eigenvalue weighted by Gasteiger charge is 2.37. The van der Waals surface area contributed by atoms with Crippen LogP contribution in [0, 0.1) is 0 Å². The van der Waals surface area contributed by atoms with Crippen LogP contribution in [0.1, 0.15) is 19.8 Å². The maximum Gasteiger partial charge on any atom is 0.323 e. The van der Waals surface area contributed by atoms with Gasteiger partial charge in [0.05, 0.1) is 5.60 Å². The molecule has 0 aromatic rings. The molecule has 1 saturated heterocycles. The van der Waals surface area contributed by atoms with Crippen LogP contribution in [0.4, 0.5) is 0 Å². The molecule has 0 unspecified atom stereocenters. The van der Waals surface area contributed by atoms with Crippen molar-refractivity contribution in [2.75, 3.05) is 26.2 Å². The Morgan fingerprint density at radius 3 is 2.53 bits per heavy atom. The summed E-state index contributed by atoms with van der Waals surface area (Å²) in [6, 6.07) is 0.106. The predicted molar refractivity (Wildman–Crippen MR) is 59.6 cm³/mol. The number of nitrogens with zero attached hydrogens (tertiary/aromatic N) is 1. The molecule has 96 valence electrons. The molecule has 0 bridgehead atoms. The van der Waals surface area contributed by atoms with Gasteiger partial charge in [0.1, 0.15) is 13.2 Å². The van der Waals surface area contributed by atoms with Crippen LogP contribution in [0.3, 0.4) is 0 Å². The summed E-state index contributed by atoms with van der Waals surface area (Å²) in [6.45, 7) is 3.17. The van der Waals surface area contributed by atoms with Gasteiger partial charge in [0, 0.05) is 19.1 Å². The lowest BCUT2D eigenvalue weighted by atomic mass is 10.0. The van der Waals surface area contributed by atoms with E-state index in [0.717, 1.165) is 25.9 Å². The highest BCUT2D eigenvalue weighted by molar-refractivity contribution is 5.82. The second-order valence-corrected chi connectivity index (χ2v) is 4.99. The third-order valence-electron chi connectivity index (χ3n) is 3.16. The summed E-state index contributed by atoms with van der Waals surface area (Å²) in [5, 5.41) is 11.8. The average molecular weight is 242 g/mol. The van der Waals surface area contributed by atoms with Gasteiger partial charge in [-0.05, 0) is 19.8 Å². The van der Waals surface area contributed by atoms with E-state index in [2.05, 4.69) is 5.32 Å². The Morgan fingerprint density at radius 2 is 2.12 bits per heavy atom. The van der Waals surface area contributed by atoms with Crippen molar-refractivity contribution in [2.24, 2.45) is 0 Å². The predicted octanol–water partition coefficient (Wildman–Crippen LogP) is -0.559. The highest BCUT2D eigenvalue weighted by Crippen LogP contribution is 2.27. The minimum Gasteiger partial charge on any atom is -0.480 e. The van der Waals surface area contributed by atoms with Crippen molar-refractivity contribution in [2.45, 2.75) is 31.4 Å². The quantitative estimate of drug-likeness (QED) is 0.653. The van der Waals surface area contributed by atoms with Gasteiger partial charge in [-0.25, -0.2) is 0 Å². The first-order chi connectivity index (χ1) is 8.00. The van der Waals surface area contributed by atoms with Crippen LogP contribution in [-0.2, 0) is 14.3 Å². The fourth-order valence-electron chi connectivity index (χ4n) is 1.85. The first kappa shape index (κ1) is 12.3. The third-order valence-corrected chi connectivity index (χ3v) is 3.16. The number of hydrogen-bond acceptors (Lipinski definition) is 4. The number of carboxylic acid groups (broad SMARTS) is 1. The van der Waals surface area contributed by atoms with Gasteiger partial charge in [-0.1, -0.05) is 0 Å². The summed E-state index contributed by atoms with van der Waals surface area (Å²) in [7, 11) is 0. The maximum atomic E-state index is 11.9. The van der Waals surface area contributed by atoms with Crippen molar-refractivity contribution >= 4 is 11.9 Å². The highest BCUT2D eigenvalue weighted by atomic mass is 16.5. The van der Waals surface area contributed by atoms with Crippen LogP contribution in [0.2, 0.25) is 0 Å². The lowest BCUT2D eigenvalue weighted by Crippen LogP contribution is -2.59. The first-order valence-electron chi connectivity index (χ1n) is 5.86. The molecule has 0 atom stereocenters. The van der Waals surface area contributed by atoms with Gasteiger partial charge in [-0.2, -0.15) is 0 Å². The number of carbonyl (C=O) groups excluding carboxylic acids is 1. The normalized spacial score (nSPS) is 21.7. The van der Waals surface area contributed by atoms with Crippen molar-refractivity contribution in [1.29, 1.82) is 0 Å². The van der Waals surface area contributed by atoms with Gasteiger partial charge < -0.3 is 20.1 Å². The van der Waals surface area contributed by atoms with Gasteiger partial charge >= 0.3 is 5.97 Å². The van der Waals surface area contributed by atoms with E-state index in [4.69, 9.17) is 9.84 Å². The topological polar surface area (TPSA) is 78.9 Å². The van der Waals surface area contributed by atoms with Crippen molar-refractivity contribution in [1.82, 2.24) is 10.2 Å². The summed E-state index contributed by atoms with van der Waals surface area (Å²) in [6.07, 6.45) is 1.80. The van der Waals surface area contributed by atoms with Gasteiger partial charge in [0.15, 0.2) is 0 Å². The SMILES string of the molecule is CC1(OCC(=O)N(CC(=O)O)C2CC2)CNC1. The fourth-order valence-corrected chi connectivity index (χ4v) is 1.85. The molecule has 0 aromatic heterocycles. The average Bonchev–Trinajstić information content (AvgIpc) is 3.03. The maximum absolute atomic E-state index is 11.9. The molecule has 0 radical (unpaired) electrons. The summed E-state index contributed by atoms with van der Waals surface area (Å²) >= 11 is 0. The van der Waals surface area contributed by atoms with Crippen molar-refractivity contribution in [3.63, 3.8) is 0 Å². The first-order valence-corrected chi connectivity index (χ1v) is 5.86. The van der Waals surface area contributed by atoms with Crippen LogP contribution in [0.25, 0.3) is 0 Å². The van der Waals surface area contributed by atoms with Crippen LogP contribution in [0.5, 0.6) is 0 Å². The van der Waals surface area contributed by atoms with Crippen LogP contribution in [-0.4, -0.2) is 59.8 Å². The summed E-state index contributed by atoms with van der Waals surface area (Å²) in [4.78, 5) is 23.9. The van der Waals surface area contributed by atoms with E-state index in [1.807, 2.05) is 6.92 Å². The van der Waals surface area contributed by atoms with E-state index in [1.165, 1.54) is 4.90 Å². The molecule has 2 fully saturated rings. The van der Waals surface area contributed by atoms with E-state index in [1.54, 1.807) is 0 Å². The smallest absolute Gasteiger partial charge is 0.323 e. The summed E-state index contributed by atoms with van der Waals surface area (Å²) < 4.78 is 5.52. The molecule has 1 heterocycles. The minimum atomic E-state index is -0.971. The van der Waals surface area contributed by atoms with Crippen molar-refractivity contribution < 1.29 is 19.4 Å². The zero-order chi connectivity index (χ0) is 12.5. The van der Waals surface area contributed by atoms with E-state index < -0.39 is 5.97 Å². The lowest BCUT2D eigenvalue weighted by Gasteiger charge is -2.39. The zero-order valence-electron chi connectivity index (χ0n) is 9.94. The number of ether oxygens (including phenoxy) is 1. The van der Waals surface area contributed by atoms with E-state index >= 15 is 0 Å². The molecule has 1 aliphatic heterocycles. The van der Waals surface area contributed by atoms with Crippen molar-refractivity contribution in [3.05, 3.63) is 0 Å². The number of hydrogen-bond donors (Lipinski definition) is 2. The van der Waals surface area contributed by atoms with E-state index in [9.17, 15) is 9.59 Å². The Kier molecular flexibility index (Phi) is 3.35. The largest absolute Gasteiger partial charge is 0.480 e. The zero-order valence-corrected chi connectivity index (χ0v) is 9.94. The van der Waals surface area contributed by atoms with Gasteiger partial charge in [-0.15, -0.1) is 0 Å². The monoisotopic (exact) mass is 242 g/mol. The molecule has 1 aliphatic carbocycles. The third kappa shape index (κ3) is 3.17. The van der Waals surface area contributed by atoms with E-state index in [-0.39, 0.29) is 30.7 Å². The molecule has 0 spiro atoms. The fraction of sp³-hybridized carbons (Fsp3) is 0.818. The lowest BCUT2D eigenvalue weighted by molar-refractivity contribution is -0.152. The summed E-state index contributed by atoms with van der Waals surface area (Å²) in [5.74, 6) is -1.19. The standard InChI is InChI=1S/C11H18N2O4/c1-11(6-12-7-11)17-5-9(14)13(4-10(15)16)8-2-3-8/h8,12H,2-7H2,1H3,(H,15,16). The second-order valence-electron chi connectivity index (χ2n) is 4.99. The van der Waals surface area contributed by atoms with Gasteiger partial charge in [0.2, 0.25) is 5.91 Å². The van der Waals surface area contributed by atoms with Crippen LogP contribution in [0.15, 0.2) is 0 Å². The molecule has 2 aliphatic rings. The Morgan fingerprint density at radius 1 is 1.47 bits per heavy atom. The number of carboxylic acids is 1. The van der Waals surface area contributed by atoms with Gasteiger partial charge in [0.25, 0.3) is 0 Å². The number of aliphatic carboxylic acids is 1. The molecule has 6 nitrogen and oxygen atoms in total. The van der Waals surface area contributed by atoms with Gasteiger partial charge in [-0.3, -0.25) is 9.59 Å². The molecule has 17 heavy (non-hydrogen) atoms. The molecular weight excluding hydrogens is 224 g/mol. The number of nitrogens with one attached hydrogen (secondary N) is 1. The van der Waals surface area contributed by atoms with E-state index in [0.29, 0.717) is 0 Å². The molecular formula is C11H18N2O4. The number of carbonyl (C=O) groups is 2. The summed E-state index contributed by atoms with van der Waals surface area (Å²) in [5.41, 5.74) is -0.270. The Bertz CT molecular complexity index is 323. The second kappa shape index (κ2) is 4.62. The van der Waals surface area contributed by atoms with Crippen LogP contribution < -0.4 is 5.32 Å². The Hall–Kier alpha value is -1.14. The molecule has 0 aromatic carbocycles. The molecule has 2 rings (SSSR count). The molecule has 2 N–H and O–H groups in total. The molecule has 6 heteroatoms. The number of amides is 1. The van der Waals surface area contributed by atoms with Crippen molar-refractivity contribution in [3.8, 4) is 0 Å². The Labute approximate surface area is 99.9 Å². The molecule has 1 amide bonds. The minimum absolute atomic E-state index is 0.0258. The van der Waals surface area contributed by atoms with Crippen LogP contribution >= 0.6 is 0 Å². The molecule has 1 saturated carbocycles. The number of rotatable bonds is 6.